The first-order valence-corrected chi connectivity index (χ1v) is 10.2. The molecule has 3 aromatic heterocycles. The molecule has 5 rings (SSSR count). The van der Waals surface area contributed by atoms with Crippen LogP contribution in [-0.2, 0) is 4.74 Å². The van der Waals surface area contributed by atoms with Crippen molar-refractivity contribution in [1.82, 2.24) is 15.0 Å². The fourth-order valence-corrected chi connectivity index (χ4v) is 3.86. The maximum absolute atomic E-state index is 11.4. The molecule has 1 aromatic carbocycles. The van der Waals surface area contributed by atoms with Gasteiger partial charge in [-0.15, -0.1) is 0 Å². The molecular weight excluding hydrogens is 392 g/mol. The van der Waals surface area contributed by atoms with Crippen LogP contribution in [0.2, 0.25) is 0 Å². The van der Waals surface area contributed by atoms with Gasteiger partial charge in [-0.05, 0) is 36.4 Å². The summed E-state index contributed by atoms with van der Waals surface area (Å²) in [5, 5.41) is 10.6. The average Bonchev–Trinajstić information content (AvgIpc) is 3.25. The van der Waals surface area contributed by atoms with E-state index in [1.54, 1.807) is 18.5 Å². The fourth-order valence-electron chi connectivity index (χ4n) is 3.86. The van der Waals surface area contributed by atoms with E-state index in [0.717, 1.165) is 46.3 Å². The summed E-state index contributed by atoms with van der Waals surface area (Å²) in [4.78, 5) is 22.0. The Balaban J connectivity index is 1.52. The van der Waals surface area contributed by atoms with Crippen molar-refractivity contribution >= 4 is 10.9 Å². The van der Waals surface area contributed by atoms with Gasteiger partial charge in [-0.2, -0.15) is 5.26 Å². The Kier molecular flexibility index (Phi) is 4.98. The van der Waals surface area contributed by atoms with Gasteiger partial charge in [0.15, 0.2) is 0 Å². The minimum atomic E-state index is -0.144. The molecule has 0 radical (unpaired) electrons. The van der Waals surface area contributed by atoms with Gasteiger partial charge >= 0.3 is 0 Å². The molecule has 31 heavy (non-hydrogen) atoms. The van der Waals surface area contributed by atoms with Crippen LogP contribution in [0.4, 0.5) is 0 Å². The normalized spacial score (nSPS) is 14.4. The lowest BCUT2D eigenvalue weighted by molar-refractivity contribution is 0.0254. The summed E-state index contributed by atoms with van der Waals surface area (Å²) in [5.74, 6) is 0.591. The van der Waals surface area contributed by atoms with E-state index in [0.29, 0.717) is 24.5 Å². The van der Waals surface area contributed by atoms with Crippen molar-refractivity contribution in [2.24, 2.45) is 0 Å². The Hall–Kier alpha value is -3.89. The van der Waals surface area contributed by atoms with Gasteiger partial charge in [0.05, 0.1) is 24.5 Å². The van der Waals surface area contributed by atoms with Gasteiger partial charge in [0, 0.05) is 59.0 Å². The Labute approximate surface area is 178 Å². The highest BCUT2D eigenvalue weighted by atomic mass is 16.5. The molecule has 1 aliphatic rings. The zero-order valence-corrected chi connectivity index (χ0v) is 16.7. The Morgan fingerprint density at radius 1 is 1.10 bits per heavy atom. The van der Waals surface area contributed by atoms with Gasteiger partial charge in [0.1, 0.15) is 17.9 Å². The van der Waals surface area contributed by atoms with Crippen molar-refractivity contribution in [3.63, 3.8) is 0 Å². The van der Waals surface area contributed by atoms with Crippen molar-refractivity contribution in [2.45, 2.75) is 18.9 Å². The van der Waals surface area contributed by atoms with Gasteiger partial charge in [-0.25, -0.2) is 0 Å². The Bertz CT molecular complexity index is 1320. The molecule has 7 heteroatoms. The van der Waals surface area contributed by atoms with E-state index in [2.05, 4.69) is 21.0 Å². The lowest BCUT2D eigenvalue weighted by Gasteiger charge is -2.23. The largest absolute Gasteiger partial charge is 0.489 e. The van der Waals surface area contributed by atoms with Gasteiger partial charge in [-0.3, -0.25) is 9.78 Å². The number of hydrogen-bond acceptors (Lipinski definition) is 5. The number of benzene rings is 1. The fraction of sp³-hybridized carbons (Fsp3) is 0.208. The standard InChI is InChI=1S/C24H20N4O3/c25-13-17-11-15(1-3-22(17)31-18-6-9-30-10-7-18)24-19-12-21(28-20(19)5-8-26-24)16-2-4-23(29)27-14-16/h1-5,8,11-12,14,18,28H,6-7,9-10H2,(H,27,29). The number of nitriles is 1. The van der Waals surface area contributed by atoms with Gasteiger partial charge in [-0.1, -0.05) is 0 Å². The van der Waals surface area contributed by atoms with Gasteiger partial charge < -0.3 is 19.4 Å². The topological polar surface area (TPSA) is 104 Å². The molecule has 1 fully saturated rings. The van der Waals surface area contributed by atoms with Crippen LogP contribution in [0.25, 0.3) is 33.4 Å². The van der Waals surface area contributed by atoms with Crippen molar-refractivity contribution in [3.05, 3.63) is 70.8 Å². The molecule has 0 spiro atoms. The maximum Gasteiger partial charge on any atom is 0.247 e. The predicted octanol–water partition coefficient (Wildman–Crippen LogP) is 4.01. The molecule has 2 N–H and O–H groups in total. The minimum absolute atomic E-state index is 0.0674. The molecule has 0 unspecified atom stereocenters. The zero-order chi connectivity index (χ0) is 21.2. The Morgan fingerprint density at radius 3 is 2.71 bits per heavy atom. The van der Waals surface area contributed by atoms with Crippen LogP contribution in [-0.4, -0.2) is 34.3 Å². The molecule has 0 amide bonds. The summed E-state index contributed by atoms with van der Waals surface area (Å²) in [6, 6.07) is 15.0. The molecule has 0 aliphatic carbocycles. The summed E-state index contributed by atoms with van der Waals surface area (Å²) >= 11 is 0. The second-order valence-corrected chi connectivity index (χ2v) is 7.50. The molecule has 1 saturated heterocycles. The van der Waals surface area contributed by atoms with Crippen molar-refractivity contribution in [1.29, 1.82) is 5.26 Å². The van der Waals surface area contributed by atoms with Crippen LogP contribution >= 0.6 is 0 Å². The zero-order valence-electron chi connectivity index (χ0n) is 16.7. The second-order valence-electron chi connectivity index (χ2n) is 7.50. The first-order valence-electron chi connectivity index (χ1n) is 10.2. The van der Waals surface area contributed by atoms with Crippen LogP contribution < -0.4 is 10.3 Å². The molecule has 7 nitrogen and oxygen atoms in total. The molecule has 1 aliphatic heterocycles. The summed E-state index contributed by atoms with van der Waals surface area (Å²) in [5.41, 5.74) is 4.63. The van der Waals surface area contributed by atoms with Crippen molar-refractivity contribution in [2.75, 3.05) is 13.2 Å². The predicted molar refractivity (Wildman–Crippen MR) is 117 cm³/mol. The van der Waals surface area contributed by atoms with E-state index in [1.807, 2.05) is 30.3 Å². The smallest absolute Gasteiger partial charge is 0.247 e. The number of pyridine rings is 2. The number of ether oxygens (including phenoxy) is 2. The van der Waals surface area contributed by atoms with Crippen molar-refractivity contribution < 1.29 is 9.47 Å². The summed E-state index contributed by atoms with van der Waals surface area (Å²) in [6.45, 7) is 1.36. The molecule has 154 valence electrons. The summed E-state index contributed by atoms with van der Waals surface area (Å²) in [6.07, 6.45) is 5.13. The first kappa shape index (κ1) is 19.1. The lowest BCUT2D eigenvalue weighted by Crippen LogP contribution is -2.26. The molecule has 4 aromatic rings. The van der Waals surface area contributed by atoms with E-state index in [9.17, 15) is 10.1 Å². The monoisotopic (exact) mass is 412 g/mol. The summed E-state index contributed by atoms with van der Waals surface area (Å²) < 4.78 is 11.4. The molecule has 0 saturated carbocycles. The molecular formula is C24H20N4O3. The van der Waals surface area contributed by atoms with Gasteiger partial charge in [0.25, 0.3) is 0 Å². The minimum Gasteiger partial charge on any atom is -0.489 e. The number of hydrogen-bond donors (Lipinski definition) is 2. The Morgan fingerprint density at radius 2 is 1.94 bits per heavy atom. The van der Waals surface area contributed by atoms with Crippen LogP contribution in [0.1, 0.15) is 18.4 Å². The van der Waals surface area contributed by atoms with Crippen molar-refractivity contribution in [3.8, 4) is 34.3 Å². The third-order valence-electron chi connectivity index (χ3n) is 5.48. The van der Waals surface area contributed by atoms with Crippen LogP contribution in [0, 0.1) is 11.3 Å². The van der Waals surface area contributed by atoms with Crippen LogP contribution in [0.15, 0.2) is 59.7 Å². The van der Waals surface area contributed by atoms with Gasteiger partial charge in [0.2, 0.25) is 5.56 Å². The highest BCUT2D eigenvalue weighted by Crippen LogP contribution is 2.33. The average molecular weight is 412 g/mol. The maximum atomic E-state index is 11.4. The quantitative estimate of drug-likeness (QED) is 0.527. The third kappa shape index (κ3) is 3.81. The number of nitrogens with zero attached hydrogens (tertiary/aromatic N) is 2. The van der Waals surface area contributed by atoms with E-state index in [4.69, 9.17) is 9.47 Å². The highest BCUT2D eigenvalue weighted by Gasteiger charge is 2.18. The van der Waals surface area contributed by atoms with E-state index < -0.39 is 0 Å². The summed E-state index contributed by atoms with van der Waals surface area (Å²) in [7, 11) is 0. The number of aromatic nitrogens is 3. The molecule has 0 bridgehead atoms. The number of aromatic amines is 2. The lowest BCUT2D eigenvalue weighted by atomic mass is 10.0. The number of rotatable bonds is 4. The number of nitrogens with one attached hydrogen (secondary N) is 2. The second kappa shape index (κ2) is 8.09. The third-order valence-corrected chi connectivity index (χ3v) is 5.48. The van der Waals surface area contributed by atoms with E-state index in [1.165, 1.54) is 6.07 Å². The number of H-pyrrole nitrogens is 2. The van der Waals surface area contributed by atoms with Crippen LogP contribution in [0.5, 0.6) is 5.75 Å². The SMILES string of the molecule is N#Cc1cc(-c2nccc3[nH]c(-c4ccc(=O)[nH]c4)cc23)ccc1OC1CCOCC1. The first-order chi connectivity index (χ1) is 15.2. The van der Waals surface area contributed by atoms with E-state index >= 15 is 0 Å². The molecule has 4 heterocycles. The van der Waals surface area contributed by atoms with E-state index in [-0.39, 0.29) is 11.7 Å². The van der Waals surface area contributed by atoms with Crippen LogP contribution in [0.3, 0.4) is 0 Å². The highest BCUT2D eigenvalue weighted by molar-refractivity contribution is 5.96. The number of fused-ring (bicyclic) bond motifs is 1. The molecule has 0 atom stereocenters.